The van der Waals surface area contributed by atoms with Gasteiger partial charge in [0.15, 0.2) is 5.41 Å². The van der Waals surface area contributed by atoms with E-state index in [1.165, 1.54) is 98.6 Å². The van der Waals surface area contributed by atoms with Gasteiger partial charge in [0.05, 0.1) is 103 Å². The summed E-state index contributed by atoms with van der Waals surface area (Å²) in [6, 6.07) is 0. The highest BCUT2D eigenvalue weighted by Crippen LogP contribution is 3.03. The molecule has 0 aromatic heterocycles. The predicted octanol–water partition coefficient (Wildman–Crippen LogP) is 11.0. The molecule has 4 spiro atoms. The Balaban J connectivity index is 0.763. The van der Waals surface area contributed by atoms with Gasteiger partial charge in [0.25, 0.3) is 0 Å². The summed E-state index contributed by atoms with van der Waals surface area (Å²) in [6.07, 6.45) is 0. The molecule has 0 bridgehead atoms. The Hall–Kier alpha value is -7.44. The van der Waals surface area contributed by atoms with Crippen LogP contribution < -0.4 is 5.73 Å². The molecule has 0 radical (unpaired) electrons. The van der Waals surface area contributed by atoms with Crippen LogP contribution in [0.2, 0.25) is 0 Å². The number of hydrogen-bond donors (Lipinski definition) is 1. The molecule has 480 valence electrons. The van der Waals surface area contributed by atoms with Crippen LogP contribution in [0, 0.1) is 11.3 Å². The predicted molar refractivity (Wildman–Crippen MR) is 366 cm³/mol. The third-order valence-corrected chi connectivity index (χ3v) is 33.4. The number of rotatable bonds is 28. The van der Waals surface area contributed by atoms with E-state index in [9.17, 15) is 0 Å². The van der Waals surface area contributed by atoms with Crippen LogP contribution in [0.25, 0.3) is 147 Å². The molecule has 34 rings (SSSR count). The molecule has 14 heteroatoms. The van der Waals surface area contributed by atoms with Gasteiger partial charge in [-0.05, 0) is 276 Å². The highest BCUT2D eigenvalue weighted by molar-refractivity contribution is 6.65. The maximum Gasteiger partial charge on any atom is 0.326 e. The second kappa shape index (κ2) is 13.8. The van der Waals surface area contributed by atoms with Crippen LogP contribution in [0.4, 0.5) is 0 Å². The number of carbonyl (C=O) groups is 2. The first-order valence-corrected chi connectivity index (χ1v) is 37.5. The number of benzene rings is 10. The third kappa shape index (κ3) is 3.55. The first kappa shape index (κ1) is 49.2. The van der Waals surface area contributed by atoms with E-state index in [2.05, 4.69) is 4.90 Å². The number of allylic oxidation sites excluding steroid dienone is 2. The SMILES string of the molecule is COCCOCCOCCOC(=O)C1(C(=O)OCCOCCOCCOC)C23C4=C5c6c7c8c9c(c%10c%11c%12c%13c%14c%15c%16c%17c%18c%19c%20c%21c%22c%23c(c6c6c%22c%22c%20c(c%15%19)c%13c(c%129)c%22c86)C5C5C6c8c9c(c-%17c%12c8C5C%23C%21C%12%18)C5c8c-9c(c2c-%10c8C%112CN(CCOCCOCCN)CC%142C%165)C46)C713. The number of nitrogens with two attached hydrogens (primary N) is 1. The van der Waals surface area contributed by atoms with Gasteiger partial charge < -0.3 is 53.1 Å². The van der Waals surface area contributed by atoms with Crippen molar-refractivity contribution < 1.29 is 57.0 Å². The fourth-order valence-corrected chi connectivity index (χ4v) is 33.3. The summed E-state index contributed by atoms with van der Waals surface area (Å²) in [5.41, 5.74) is 42.7. The number of likely N-dealkylation sites (tertiary alicyclic amines) is 1. The van der Waals surface area contributed by atoms with Crippen molar-refractivity contribution in [1.82, 2.24) is 4.90 Å². The normalized spacial score (nSPS) is 33.2. The fraction of sp³-hybridized carbons (Fsp3) is 0.435. The molecule has 1 saturated carbocycles. The van der Waals surface area contributed by atoms with Crippen LogP contribution in [-0.2, 0) is 78.6 Å². The van der Waals surface area contributed by atoms with Gasteiger partial charge in [-0.25, -0.2) is 0 Å². The van der Waals surface area contributed by atoms with E-state index in [4.69, 9.17) is 53.1 Å². The van der Waals surface area contributed by atoms with E-state index in [0.29, 0.717) is 115 Å². The van der Waals surface area contributed by atoms with Gasteiger partial charge in [-0.15, -0.1) is 0 Å². The molecule has 13 aromatic rings. The van der Waals surface area contributed by atoms with Crippen LogP contribution in [0.1, 0.15) is 153 Å². The Kier molecular flexibility index (Phi) is 6.85. The van der Waals surface area contributed by atoms with Crippen LogP contribution in [-0.4, -0.2) is 163 Å². The number of ether oxygens (including phenoxy) is 10. The van der Waals surface area contributed by atoms with Crippen molar-refractivity contribution in [2.75, 3.05) is 146 Å². The van der Waals surface area contributed by atoms with Crippen molar-refractivity contribution in [3.05, 3.63) is 106 Å². The second-order valence-electron chi connectivity index (χ2n) is 34.4. The van der Waals surface area contributed by atoms with Gasteiger partial charge in [0.2, 0.25) is 0 Å². The summed E-state index contributed by atoms with van der Waals surface area (Å²) < 4.78 is 61.8. The maximum atomic E-state index is 17.9. The number of nitrogens with zero attached hydrogens (tertiary/aromatic N) is 1. The summed E-state index contributed by atoms with van der Waals surface area (Å²) in [5.74, 6) is 1.82. The molecule has 0 amide bonds. The lowest BCUT2D eigenvalue weighted by Gasteiger charge is -2.56. The van der Waals surface area contributed by atoms with Gasteiger partial charge >= 0.3 is 11.9 Å². The van der Waals surface area contributed by atoms with E-state index >= 15 is 9.59 Å². The van der Waals surface area contributed by atoms with Crippen molar-refractivity contribution in [2.24, 2.45) is 17.1 Å². The molecular formula is C85H58N2O12. The van der Waals surface area contributed by atoms with Gasteiger partial charge in [0, 0.05) is 86.7 Å². The van der Waals surface area contributed by atoms with E-state index in [0.717, 1.165) is 19.6 Å². The van der Waals surface area contributed by atoms with E-state index in [-0.39, 0.29) is 61.4 Å². The second-order valence-corrected chi connectivity index (χ2v) is 34.4. The average molecular weight is 1300 g/mol. The lowest BCUT2D eigenvalue weighted by molar-refractivity contribution is -0.168. The maximum absolute atomic E-state index is 17.9. The van der Waals surface area contributed by atoms with Crippen molar-refractivity contribution in [2.45, 2.75) is 74.9 Å². The van der Waals surface area contributed by atoms with Gasteiger partial charge in [-0.2, -0.15) is 0 Å². The Bertz CT molecular complexity index is 6640. The fourth-order valence-electron chi connectivity index (χ4n) is 33.3. The topological polar surface area (TPSA) is 156 Å². The molecule has 1 heterocycles. The number of hydrogen-bond acceptors (Lipinski definition) is 14. The van der Waals surface area contributed by atoms with Crippen molar-refractivity contribution in [3.8, 4) is 33.4 Å². The first-order chi connectivity index (χ1) is 49.1. The molecular weight excluding hydrogens is 1240 g/mol. The Morgan fingerprint density at radius 1 is 0.374 bits per heavy atom. The first-order valence-electron chi connectivity index (χ1n) is 37.5. The Morgan fingerprint density at radius 3 is 1.66 bits per heavy atom. The number of carbonyl (C=O) groups excluding carboxylic acids is 2. The van der Waals surface area contributed by atoms with Crippen LogP contribution in [0.5, 0.6) is 0 Å². The summed E-state index contributed by atoms with van der Waals surface area (Å²) in [6.45, 7) is 9.15. The number of esters is 2. The molecule has 21 aliphatic rings. The largest absolute Gasteiger partial charge is 0.462 e. The molecule has 99 heavy (non-hydrogen) atoms. The summed E-state index contributed by atoms with van der Waals surface area (Å²) >= 11 is 0. The molecule has 14 nitrogen and oxygen atoms in total. The van der Waals surface area contributed by atoms with Crippen molar-refractivity contribution in [3.63, 3.8) is 0 Å². The Labute approximate surface area is 561 Å². The molecule has 20 aliphatic carbocycles. The molecule has 2 N–H and O–H groups in total. The molecule has 13 aromatic carbocycles. The smallest absolute Gasteiger partial charge is 0.326 e. The van der Waals surface area contributed by atoms with Crippen LogP contribution >= 0.6 is 0 Å². The quantitative estimate of drug-likeness (QED) is 0.0214. The zero-order valence-electron chi connectivity index (χ0n) is 54.3. The minimum Gasteiger partial charge on any atom is -0.462 e. The molecule has 1 aliphatic heterocycles. The van der Waals surface area contributed by atoms with Crippen LogP contribution in [0.15, 0.2) is 5.57 Å². The molecule has 14 atom stereocenters. The van der Waals surface area contributed by atoms with Crippen molar-refractivity contribution >= 4 is 125 Å². The lowest BCUT2D eigenvalue weighted by atomic mass is 9.44. The molecule has 1 saturated heterocycles. The average Bonchev–Trinajstić information content (AvgIpc) is 1.35. The lowest BCUT2D eigenvalue weighted by Crippen LogP contribution is -2.56. The highest BCUT2D eigenvalue weighted by Gasteiger charge is 3.04. The summed E-state index contributed by atoms with van der Waals surface area (Å²) in [7, 11) is 3.36. The van der Waals surface area contributed by atoms with Gasteiger partial charge in [-0.3, -0.25) is 14.5 Å². The summed E-state index contributed by atoms with van der Waals surface area (Å²) in [4.78, 5) is 38.7. The molecule has 2 fully saturated rings. The Morgan fingerprint density at radius 2 is 0.929 bits per heavy atom. The third-order valence-electron chi connectivity index (χ3n) is 33.4. The molecule has 14 unspecified atom stereocenters. The minimum atomic E-state index is -1.83. The zero-order valence-corrected chi connectivity index (χ0v) is 54.3. The standard InChI is InChI=1S/C85H58N2O12/c1-90-7-9-94-13-15-96-17-19-98-79(88)85(80(89)99-20-18-97-16-14-95-10-8-91-2)83-75-63-53-42-32-25-23-24-26-31(25)44(53)54-43-33(26)30-35-28(24)37-36-27(23)34-29(32)38-45-49-40(34)47(36)57-58-48(37)41(35)50-46-39(30)52(43)66-68-56(46)62-60(50)72(58)81-21-87(4-6-93-12-11-92-5-3-86)22-82(81)73-61(59(49)71(57)81)55(45)67(65(75)51(38)42)77(83)69(73)70(74(62)82)78(68)84(83,85)76(66)64(54)63/h23,25,27,32,42,51,53,59,65,71H,3-22,86H2,1-2H3. The van der Waals surface area contributed by atoms with E-state index in [1.54, 1.807) is 168 Å². The number of methoxy groups -OCH3 is 2. The van der Waals surface area contributed by atoms with E-state index < -0.39 is 33.6 Å². The van der Waals surface area contributed by atoms with Gasteiger partial charge in [0.1, 0.15) is 13.2 Å². The van der Waals surface area contributed by atoms with Crippen molar-refractivity contribution in [1.29, 1.82) is 0 Å². The zero-order chi connectivity index (χ0) is 62.8. The monoisotopic (exact) mass is 1300 g/mol. The highest BCUT2D eigenvalue weighted by atomic mass is 16.6. The van der Waals surface area contributed by atoms with E-state index in [1.807, 2.05) is 0 Å². The minimum absolute atomic E-state index is 0.00370. The van der Waals surface area contributed by atoms with Crippen LogP contribution in [0.3, 0.4) is 0 Å². The summed E-state index contributed by atoms with van der Waals surface area (Å²) in [5, 5.41) is 31.0. The van der Waals surface area contributed by atoms with Gasteiger partial charge in [-0.1, -0.05) is 0 Å².